The van der Waals surface area contributed by atoms with Crippen molar-refractivity contribution in [2.75, 3.05) is 19.6 Å². The van der Waals surface area contributed by atoms with Gasteiger partial charge in [0.1, 0.15) is 0 Å². The maximum Gasteiger partial charge on any atom is 0.331 e. The lowest BCUT2D eigenvalue weighted by Crippen LogP contribution is -2.48. The van der Waals surface area contributed by atoms with Crippen molar-refractivity contribution >= 4 is 23.2 Å². The highest BCUT2D eigenvalue weighted by Gasteiger charge is 2.39. The summed E-state index contributed by atoms with van der Waals surface area (Å²) in [6.07, 6.45) is 2.60. The van der Waals surface area contributed by atoms with Crippen LogP contribution in [0, 0.1) is 5.92 Å². The molecule has 0 spiro atoms. The van der Waals surface area contributed by atoms with Crippen LogP contribution in [0.4, 0.5) is 0 Å². The van der Waals surface area contributed by atoms with Crippen molar-refractivity contribution in [3.8, 4) is 0 Å². The molecule has 1 saturated heterocycles. The van der Waals surface area contributed by atoms with Gasteiger partial charge in [-0.05, 0) is 42.8 Å². The Hall–Kier alpha value is -1.40. The number of hydrogen-bond acceptors (Lipinski definition) is 4. The zero-order valence-corrected chi connectivity index (χ0v) is 12.0. The van der Waals surface area contributed by atoms with E-state index >= 15 is 0 Å². The van der Waals surface area contributed by atoms with E-state index in [0.717, 1.165) is 36.2 Å². The summed E-state index contributed by atoms with van der Waals surface area (Å²) in [5.41, 5.74) is 0.797. The molecule has 1 fully saturated rings. The molecule has 2 N–H and O–H groups in total. The smallest absolute Gasteiger partial charge is 0.331 e. The van der Waals surface area contributed by atoms with Crippen LogP contribution in [0.3, 0.4) is 0 Å². The summed E-state index contributed by atoms with van der Waals surface area (Å²) in [7, 11) is 0. The minimum atomic E-state index is -0.929. The molecule has 0 aliphatic carbocycles. The number of nitrogens with zero attached hydrogens (tertiary/aromatic N) is 1. The molecular weight excluding hydrogens is 276 g/mol. The van der Waals surface area contributed by atoms with Crippen molar-refractivity contribution in [1.29, 1.82) is 0 Å². The molecule has 1 unspecified atom stereocenters. The SMILES string of the molecule is O=C(O)C1c2ccsc2CCN1C(=O)[C@H]1CCCNC1. The zero-order valence-electron chi connectivity index (χ0n) is 11.2. The second kappa shape index (κ2) is 5.54. The molecule has 3 rings (SSSR count). The average molecular weight is 294 g/mol. The molecule has 3 heterocycles. The predicted octanol–water partition coefficient (Wildman–Crippen LogP) is 1.26. The third kappa shape index (κ3) is 2.33. The Kier molecular flexibility index (Phi) is 3.76. The predicted molar refractivity (Wildman–Crippen MR) is 75.7 cm³/mol. The Bertz CT molecular complexity index is 522. The van der Waals surface area contributed by atoms with E-state index in [4.69, 9.17) is 0 Å². The Morgan fingerprint density at radius 3 is 3.00 bits per heavy atom. The number of carbonyl (C=O) groups excluding carboxylic acids is 1. The molecule has 1 aromatic rings. The molecule has 2 aliphatic rings. The number of aliphatic carboxylic acids is 1. The van der Waals surface area contributed by atoms with E-state index in [9.17, 15) is 14.7 Å². The lowest BCUT2D eigenvalue weighted by atomic mass is 9.94. The van der Waals surface area contributed by atoms with E-state index in [1.807, 2.05) is 11.4 Å². The van der Waals surface area contributed by atoms with Crippen LogP contribution < -0.4 is 5.32 Å². The maximum atomic E-state index is 12.6. The third-order valence-corrected chi connectivity index (χ3v) is 5.13. The fraction of sp³-hybridized carbons (Fsp3) is 0.571. The van der Waals surface area contributed by atoms with Crippen molar-refractivity contribution in [2.24, 2.45) is 5.92 Å². The fourth-order valence-electron chi connectivity index (χ4n) is 3.12. The number of carboxylic acids is 1. The minimum absolute atomic E-state index is 0.0125. The molecule has 1 aromatic heterocycles. The van der Waals surface area contributed by atoms with Crippen molar-refractivity contribution < 1.29 is 14.7 Å². The fourth-order valence-corrected chi connectivity index (χ4v) is 4.02. The summed E-state index contributed by atoms with van der Waals surface area (Å²) >= 11 is 1.58. The highest BCUT2D eigenvalue weighted by Crippen LogP contribution is 2.34. The number of hydrogen-bond donors (Lipinski definition) is 2. The van der Waals surface area contributed by atoms with E-state index in [0.29, 0.717) is 13.1 Å². The first-order valence-corrected chi connectivity index (χ1v) is 7.86. The molecule has 0 aromatic carbocycles. The van der Waals surface area contributed by atoms with E-state index in [-0.39, 0.29) is 11.8 Å². The van der Waals surface area contributed by atoms with Gasteiger partial charge in [-0.15, -0.1) is 11.3 Å². The molecular formula is C14H18N2O3S. The molecule has 6 heteroatoms. The number of carbonyl (C=O) groups is 2. The van der Waals surface area contributed by atoms with Crippen molar-refractivity contribution in [2.45, 2.75) is 25.3 Å². The Morgan fingerprint density at radius 2 is 2.30 bits per heavy atom. The molecule has 0 radical (unpaired) electrons. The summed E-state index contributed by atoms with van der Waals surface area (Å²) in [5, 5.41) is 14.6. The zero-order chi connectivity index (χ0) is 14.1. The lowest BCUT2D eigenvalue weighted by molar-refractivity contribution is -0.153. The number of rotatable bonds is 2. The molecule has 0 saturated carbocycles. The topological polar surface area (TPSA) is 69.6 Å². The van der Waals surface area contributed by atoms with E-state index in [1.54, 1.807) is 16.2 Å². The third-order valence-electron chi connectivity index (χ3n) is 4.13. The van der Waals surface area contributed by atoms with Gasteiger partial charge in [0.15, 0.2) is 6.04 Å². The molecule has 108 valence electrons. The van der Waals surface area contributed by atoms with Crippen LogP contribution in [0.1, 0.15) is 29.3 Å². The Balaban J connectivity index is 1.85. The van der Waals surface area contributed by atoms with Crippen LogP contribution in [0.2, 0.25) is 0 Å². The van der Waals surface area contributed by atoms with Gasteiger partial charge in [-0.1, -0.05) is 0 Å². The van der Waals surface area contributed by atoms with Crippen LogP contribution in [0.15, 0.2) is 11.4 Å². The molecule has 5 nitrogen and oxygen atoms in total. The second-order valence-corrected chi connectivity index (χ2v) is 6.37. The van der Waals surface area contributed by atoms with Crippen molar-refractivity contribution in [3.05, 3.63) is 21.9 Å². The number of nitrogens with one attached hydrogen (secondary N) is 1. The van der Waals surface area contributed by atoms with E-state index < -0.39 is 12.0 Å². The number of fused-ring (bicyclic) bond motifs is 1. The first-order valence-electron chi connectivity index (χ1n) is 6.98. The van der Waals surface area contributed by atoms with E-state index in [2.05, 4.69) is 5.32 Å². The monoisotopic (exact) mass is 294 g/mol. The van der Waals surface area contributed by atoms with Crippen molar-refractivity contribution in [1.82, 2.24) is 10.2 Å². The summed E-state index contributed by atoms with van der Waals surface area (Å²) in [6, 6.07) is 1.04. The standard InChI is InChI=1S/C14H18N2O3S/c17-13(9-2-1-5-15-8-9)16-6-3-11-10(4-7-20-11)12(16)14(18)19/h4,7,9,12,15H,1-3,5-6,8H2,(H,18,19)/t9-,12?/m0/s1. The van der Waals surface area contributed by atoms with Crippen LogP contribution >= 0.6 is 11.3 Å². The van der Waals surface area contributed by atoms with Gasteiger partial charge in [-0.2, -0.15) is 0 Å². The van der Waals surface area contributed by atoms with Crippen LogP contribution in [0.5, 0.6) is 0 Å². The quantitative estimate of drug-likeness (QED) is 0.861. The minimum Gasteiger partial charge on any atom is -0.479 e. The number of piperidine rings is 1. The van der Waals surface area contributed by atoms with Gasteiger partial charge in [0.05, 0.1) is 5.92 Å². The normalized spacial score (nSPS) is 26.1. The van der Waals surface area contributed by atoms with Crippen LogP contribution in [0.25, 0.3) is 0 Å². The summed E-state index contributed by atoms with van der Waals surface area (Å²) in [5.74, 6) is -1.02. The van der Waals surface area contributed by atoms with Gasteiger partial charge in [0, 0.05) is 18.0 Å². The number of amides is 1. The van der Waals surface area contributed by atoms with Gasteiger partial charge >= 0.3 is 5.97 Å². The lowest BCUT2D eigenvalue weighted by Gasteiger charge is -2.36. The average Bonchev–Trinajstić information content (AvgIpc) is 2.94. The molecule has 2 aliphatic heterocycles. The maximum absolute atomic E-state index is 12.6. The van der Waals surface area contributed by atoms with Gasteiger partial charge in [-0.25, -0.2) is 4.79 Å². The number of carboxylic acid groups (broad SMARTS) is 1. The highest BCUT2D eigenvalue weighted by atomic mass is 32.1. The summed E-state index contributed by atoms with van der Waals surface area (Å²) < 4.78 is 0. The van der Waals surface area contributed by atoms with Gasteiger partial charge in [0.25, 0.3) is 0 Å². The van der Waals surface area contributed by atoms with E-state index in [1.165, 1.54) is 0 Å². The van der Waals surface area contributed by atoms with Crippen molar-refractivity contribution in [3.63, 3.8) is 0 Å². The first-order chi connectivity index (χ1) is 9.68. The Morgan fingerprint density at radius 1 is 1.45 bits per heavy atom. The molecule has 1 amide bonds. The first kappa shape index (κ1) is 13.6. The van der Waals surface area contributed by atoms with Crippen LogP contribution in [-0.2, 0) is 16.0 Å². The number of thiophene rings is 1. The largest absolute Gasteiger partial charge is 0.479 e. The molecule has 20 heavy (non-hydrogen) atoms. The summed E-state index contributed by atoms with van der Waals surface area (Å²) in [4.78, 5) is 26.9. The summed E-state index contributed by atoms with van der Waals surface area (Å²) in [6.45, 7) is 2.12. The van der Waals surface area contributed by atoms with Gasteiger partial charge in [0.2, 0.25) is 5.91 Å². The van der Waals surface area contributed by atoms with Crippen LogP contribution in [-0.4, -0.2) is 41.5 Å². The van der Waals surface area contributed by atoms with Gasteiger partial charge in [-0.3, -0.25) is 4.79 Å². The molecule has 2 atom stereocenters. The second-order valence-electron chi connectivity index (χ2n) is 5.36. The van der Waals surface area contributed by atoms with Gasteiger partial charge < -0.3 is 15.3 Å². The molecule has 0 bridgehead atoms. The Labute approximate surface area is 121 Å². The highest BCUT2D eigenvalue weighted by molar-refractivity contribution is 7.10.